The van der Waals surface area contributed by atoms with E-state index in [1.165, 1.54) is 31.4 Å². The monoisotopic (exact) mass is 632 g/mol. The van der Waals surface area contributed by atoms with E-state index in [2.05, 4.69) is 16.0 Å². The number of carbonyl (C=O) groups excluding carboxylic acids is 2. The molecule has 2 aromatic rings. The fourth-order valence-corrected chi connectivity index (χ4v) is 8.88. The van der Waals surface area contributed by atoms with Crippen molar-refractivity contribution in [2.24, 2.45) is 5.92 Å². The number of amides is 2. The molecule has 2 aliphatic heterocycles. The second kappa shape index (κ2) is 14.3. The number of hydrogen-bond acceptors (Lipinski definition) is 6. The van der Waals surface area contributed by atoms with Gasteiger partial charge in [0.2, 0.25) is 15.9 Å². The van der Waals surface area contributed by atoms with Gasteiger partial charge in [-0.25, -0.2) is 22.0 Å². The molecule has 3 fully saturated rings. The highest BCUT2D eigenvalue weighted by Gasteiger charge is 2.40. The molecule has 9 nitrogen and oxygen atoms in total. The Bertz CT molecular complexity index is 1350. The van der Waals surface area contributed by atoms with Crippen LogP contribution in [0.5, 0.6) is 0 Å². The Morgan fingerprint density at radius 3 is 2.23 bits per heavy atom. The third-order valence-corrected chi connectivity index (χ3v) is 11.4. The molecule has 5 rings (SSSR count). The third kappa shape index (κ3) is 7.76. The highest BCUT2D eigenvalue weighted by Crippen LogP contribution is 2.33. The number of carbonyl (C=O) groups is 2. The molecule has 240 valence electrons. The number of rotatable bonds is 9. The summed E-state index contributed by atoms with van der Waals surface area (Å²) in [5.74, 6) is -1.77. The Labute approximate surface area is 258 Å². The Hall–Kier alpha value is -3.09. The lowest BCUT2D eigenvalue weighted by molar-refractivity contribution is -0.124. The van der Waals surface area contributed by atoms with E-state index in [1.807, 2.05) is 0 Å². The van der Waals surface area contributed by atoms with Crippen LogP contribution in [0.3, 0.4) is 0 Å². The maximum absolute atomic E-state index is 14.1. The molecule has 44 heavy (non-hydrogen) atoms. The quantitative estimate of drug-likeness (QED) is 0.384. The van der Waals surface area contributed by atoms with E-state index in [4.69, 9.17) is 4.74 Å². The van der Waals surface area contributed by atoms with E-state index < -0.39 is 45.6 Å². The molecule has 0 spiro atoms. The molecule has 1 saturated carbocycles. The van der Waals surface area contributed by atoms with Crippen LogP contribution < -0.4 is 16.0 Å². The van der Waals surface area contributed by atoms with E-state index in [-0.39, 0.29) is 29.8 Å². The molecule has 2 aromatic carbocycles. The van der Waals surface area contributed by atoms with Crippen LogP contribution in [0.4, 0.5) is 13.6 Å². The highest BCUT2D eigenvalue weighted by molar-refractivity contribution is 7.89. The topological polar surface area (TPSA) is 117 Å². The second-order valence-electron chi connectivity index (χ2n) is 12.2. The zero-order valence-electron chi connectivity index (χ0n) is 25.0. The van der Waals surface area contributed by atoms with E-state index in [0.717, 1.165) is 38.5 Å². The van der Waals surface area contributed by atoms with Crippen molar-refractivity contribution in [3.8, 4) is 0 Å². The van der Waals surface area contributed by atoms with Crippen LogP contribution >= 0.6 is 0 Å². The Morgan fingerprint density at radius 1 is 0.955 bits per heavy atom. The van der Waals surface area contributed by atoms with Crippen LogP contribution in [0.2, 0.25) is 0 Å². The standard InChI is InChI=1S/C32H42F2N4O5S/c1-43-32(40)37-30(29(22-8-13-24(33)14-9-22)23-10-15-25(34)16-11-23)31(39)36-28-7-3-2-5-21(28)12-17-27-19-35-26-6-4-18-44(41,42)38(27)20-26/h8-11,13-16,21,26-30,35H,2-7,12,17-20H2,1H3,(H,36,39)(H,37,40)/t21-,26-,27+,28+,30+/m1/s1. The van der Waals surface area contributed by atoms with Crippen molar-refractivity contribution in [1.29, 1.82) is 0 Å². The van der Waals surface area contributed by atoms with Crippen molar-refractivity contribution in [2.75, 3.05) is 26.0 Å². The summed E-state index contributed by atoms with van der Waals surface area (Å²) in [6.45, 7) is 1.13. The van der Waals surface area contributed by atoms with Crippen molar-refractivity contribution in [3.63, 3.8) is 0 Å². The van der Waals surface area contributed by atoms with Crippen LogP contribution in [0.15, 0.2) is 48.5 Å². The number of sulfonamides is 1. The molecule has 2 saturated heterocycles. The smallest absolute Gasteiger partial charge is 0.407 e. The Balaban J connectivity index is 1.35. The second-order valence-corrected chi connectivity index (χ2v) is 14.3. The summed E-state index contributed by atoms with van der Waals surface area (Å²) in [5, 5.41) is 9.40. The van der Waals surface area contributed by atoms with Crippen molar-refractivity contribution >= 4 is 22.0 Å². The number of hydrogen-bond donors (Lipinski definition) is 3. The maximum atomic E-state index is 14.1. The lowest BCUT2D eigenvalue weighted by Crippen LogP contribution is -2.57. The molecule has 1 aliphatic carbocycles. The summed E-state index contributed by atoms with van der Waals surface area (Å²) in [4.78, 5) is 26.6. The number of methoxy groups -OCH3 is 1. The van der Waals surface area contributed by atoms with Gasteiger partial charge in [-0.2, -0.15) is 4.31 Å². The molecule has 2 heterocycles. The first-order valence-electron chi connectivity index (χ1n) is 15.5. The molecular formula is C32H42F2N4O5S. The minimum absolute atomic E-state index is 0.122. The van der Waals surface area contributed by atoms with Crippen LogP contribution in [0.25, 0.3) is 0 Å². The summed E-state index contributed by atoms with van der Waals surface area (Å²) < 4.78 is 60.2. The molecule has 3 aliphatic rings. The lowest BCUT2D eigenvalue weighted by Gasteiger charge is -2.39. The Kier molecular flexibility index (Phi) is 10.5. The zero-order chi connectivity index (χ0) is 31.3. The van der Waals surface area contributed by atoms with Gasteiger partial charge < -0.3 is 20.7 Å². The van der Waals surface area contributed by atoms with Crippen LogP contribution in [0.1, 0.15) is 68.4 Å². The average Bonchev–Trinajstić information content (AvgIpc) is 3.13. The molecule has 0 radical (unpaired) electrons. The number of piperazine rings is 1. The number of nitrogens with zero attached hydrogens (tertiary/aromatic N) is 1. The van der Waals surface area contributed by atoms with Gasteiger partial charge in [-0.15, -0.1) is 0 Å². The third-order valence-electron chi connectivity index (χ3n) is 9.40. The van der Waals surface area contributed by atoms with E-state index in [9.17, 15) is 26.8 Å². The largest absolute Gasteiger partial charge is 0.453 e. The van der Waals surface area contributed by atoms with Crippen LogP contribution in [-0.4, -0.2) is 74.8 Å². The highest BCUT2D eigenvalue weighted by atomic mass is 32.2. The SMILES string of the molecule is COC(=O)N[C@H](C(=O)N[C@H]1CCCC[C@@H]1CC[C@H]1CN[C@@H]2CCCS(=O)(=O)N1C2)C(c1ccc(F)cc1)c1ccc(F)cc1. The van der Waals surface area contributed by atoms with E-state index in [1.54, 1.807) is 28.6 Å². The van der Waals surface area contributed by atoms with Crippen LogP contribution in [0, 0.1) is 17.6 Å². The predicted molar refractivity (Wildman–Crippen MR) is 162 cm³/mol. The van der Waals surface area contributed by atoms with Crippen LogP contribution in [-0.2, 0) is 19.6 Å². The molecule has 3 N–H and O–H groups in total. The molecule has 2 bridgehead atoms. The minimum Gasteiger partial charge on any atom is -0.453 e. The predicted octanol–water partition coefficient (Wildman–Crippen LogP) is 4.04. The molecular weight excluding hydrogens is 590 g/mol. The first-order chi connectivity index (χ1) is 21.1. The number of benzene rings is 2. The van der Waals surface area contributed by atoms with E-state index in [0.29, 0.717) is 37.1 Å². The van der Waals surface area contributed by atoms with Gasteiger partial charge in [-0.05, 0) is 79.8 Å². The number of ether oxygens (including phenoxy) is 1. The van der Waals surface area contributed by atoms with Crippen molar-refractivity contribution in [1.82, 2.24) is 20.3 Å². The zero-order valence-corrected chi connectivity index (χ0v) is 25.8. The van der Waals surface area contributed by atoms with E-state index >= 15 is 0 Å². The summed E-state index contributed by atoms with van der Waals surface area (Å²) in [6.07, 6.45) is 5.76. The first kappa shape index (κ1) is 32.3. The van der Waals surface area contributed by atoms with Gasteiger partial charge in [0.25, 0.3) is 0 Å². The summed E-state index contributed by atoms with van der Waals surface area (Å²) in [6, 6.07) is 10.1. The van der Waals surface area contributed by atoms with Crippen molar-refractivity contribution < 1.29 is 31.5 Å². The van der Waals surface area contributed by atoms with Crippen molar-refractivity contribution in [2.45, 2.75) is 81.5 Å². The number of alkyl carbamates (subject to hydrolysis) is 1. The van der Waals surface area contributed by atoms with Gasteiger partial charge in [0.15, 0.2) is 0 Å². The maximum Gasteiger partial charge on any atom is 0.407 e. The molecule has 12 heteroatoms. The summed E-state index contributed by atoms with van der Waals surface area (Å²) >= 11 is 0. The summed E-state index contributed by atoms with van der Waals surface area (Å²) in [7, 11) is -2.09. The average molecular weight is 633 g/mol. The Morgan fingerprint density at radius 2 is 1.59 bits per heavy atom. The molecule has 0 aromatic heterocycles. The van der Waals surface area contributed by atoms with Gasteiger partial charge in [0.1, 0.15) is 17.7 Å². The van der Waals surface area contributed by atoms with Crippen molar-refractivity contribution in [3.05, 3.63) is 71.3 Å². The minimum atomic E-state index is -3.29. The van der Waals surface area contributed by atoms with Gasteiger partial charge in [-0.1, -0.05) is 37.1 Å². The van der Waals surface area contributed by atoms with Gasteiger partial charge >= 0.3 is 6.09 Å². The van der Waals surface area contributed by atoms with Gasteiger partial charge in [0.05, 0.1) is 12.9 Å². The molecule has 6 atom stereocenters. The number of nitrogens with one attached hydrogen (secondary N) is 3. The summed E-state index contributed by atoms with van der Waals surface area (Å²) in [5.41, 5.74) is 1.13. The number of halogens is 2. The first-order valence-corrected chi connectivity index (χ1v) is 17.1. The van der Waals surface area contributed by atoms with Gasteiger partial charge in [-0.3, -0.25) is 4.79 Å². The molecule has 2 amide bonds. The number of fused-ring (bicyclic) bond motifs is 2. The molecule has 1 unspecified atom stereocenters. The fourth-order valence-electron chi connectivity index (χ4n) is 7.07. The van der Waals surface area contributed by atoms with Gasteiger partial charge in [0, 0.05) is 37.1 Å². The normalized spacial score (nSPS) is 27.1. The lowest BCUT2D eigenvalue weighted by atomic mass is 9.80. The fraction of sp³-hybridized carbons (Fsp3) is 0.562.